The van der Waals surface area contributed by atoms with Crippen LogP contribution in [0.25, 0.3) is 0 Å². The van der Waals surface area contributed by atoms with Gasteiger partial charge < -0.3 is 15.0 Å². The summed E-state index contributed by atoms with van der Waals surface area (Å²) >= 11 is 0. The van der Waals surface area contributed by atoms with Gasteiger partial charge in [-0.1, -0.05) is 35.9 Å². The molecule has 0 fully saturated rings. The minimum absolute atomic E-state index is 0.0547. The molecule has 0 unspecified atom stereocenters. The fourth-order valence-electron chi connectivity index (χ4n) is 3.87. The normalized spacial score (nSPS) is 13.1. The van der Waals surface area contributed by atoms with E-state index >= 15 is 0 Å². The lowest BCUT2D eigenvalue weighted by atomic mass is 10.0. The number of fused-ring (bicyclic) bond motifs is 1. The quantitative estimate of drug-likeness (QED) is 0.597. The Bertz CT molecular complexity index is 1260. The van der Waals surface area contributed by atoms with E-state index in [1.54, 1.807) is 23.1 Å². The van der Waals surface area contributed by atoms with Crippen LogP contribution in [-0.2, 0) is 24.4 Å². The third-order valence-corrected chi connectivity index (χ3v) is 5.62. The van der Waals surface area contributed by atoms with Gasteiger partial charge >= 0.3 is 5.69 Å². The van der Waals surface area contributed by atoms with Gasteiger partial charge in [0.1, 0.15) is 12.3 Å². The molecule has 0 atom stereocenters. The lowest BCUT2D eigenvalue weighted by Crippen LogP contribution is -2.42. The average molecular weight is 450 g/mol. The zero-order valence-corrected chi connectivity index (χ0v) is 19.0. The number of para-hydroxylation sites is 2. The molecule has 1 aromatic heterocycles. The molecule has 172 valence electrons. The van der Waals surface area contributed by atoms with Crippen molar-refractivity contribution in [3.05, 3.63) is 75.5 Å². The molecule has 0 saturated heterocycles. The van der Waals surface area contributed by atoms with Crippen molar-refractivity contribution in [2.24, 2.45) is 0 Å². The highest BCUT2D eigenvalue weighted by Gasteiger charge is 2.30. The maximum atomic E-state index is 13.0. The molecular weight excluding hydrogens is 422 g/mol. The number of nitrogens with one attached hydrogen (secondary N) is 1. The van der Waals surface area contributed by atoms with Gasteiger partial charge in [0.2, 0.25) is 11.7 Å². The summed E-state index contributed by atoms with van der Waals surface area (Å²) in [7, 11) is 0. The Morgan fingerprint density at radius 2 is 1.91 bits per heavy atom. The highest BCUT2D eigenvalue weighted by molar-refractivity contribution is 5.93. The Morgan fingerprint density at radius 1 is 1.12 bits per heavy atom. The second-order valence-electron chi connectivity index (χ2n) is 8.05. The molecule has 2 amide bonds. The zero-order valence-electron chi connectivity index (χ0n) is 19.0. The van der Waals surface area contributed by atoms with E-state index in [9.17, 15) is 14.4 Å². The van der Waals surface area contributed by atoms with Gasteiger partial charge in [-0.2, -0.15) is 0 Å². The highest BCUT2D eigenvalue weighted by atomic mass is 16.5. The number of amides is 2. The van der Waals surface area contributed by atoms with Crippen molar-refractivity contribution in [2.75, 3.05) is 18.5 Å². The van der Waals surface area contributed by atoms with Gasteiger partial charge in [-0.25, -0.2) is 9.48 Å². The van der Waals surface area contributed by atoms with Crippen LogP contribution in [0.1, 0.15) is 34.2 Å². The van der Waals surface area contributed by atoms with E-state index < -0.39 is 11.6 Å². The number of aryl methyl sites for hydroxylation is 2. The number of rotatable bonds is 7. The van der Waals surface area contributed by atoms with Crippen LogP contribution in [0.2, 0.25) is 0 Å². The molecule has 2 heterocycles. The average Bonchev–Trinajstić information content (AvgIpc) is 3.10. The van der Waals surface area contributed by atoms with Crippen LogP contribution in [-0.4, -0.2) is 44.2 Å². The van der Waals surface area contributed by atoms with Crippen molar-refractivity contribution in [2.45, 2.75) is 40.4 Å². The maximum absolute atomic E-state index is 13.0. The monoisotopic (exact) mass is 449 g/mol. The summed E-state index contributed by atoms with van der Waals surface area (Å²) in [6, 6.07) is 13.2. The van der Waals surface area contributed by atoms with E-state index in [1.165, 1.54) is 4.57 Å². The predicted octanol–water partition coefficient (Wildman–Crippen LogP) is 2.36. The second kappa shape index (κ2) is 9.32. The fourth-order valence-corrected chi connectivity index (χ4v) is 3.87. The molecule has 0 bridgehead atoms. The first-order valence-electron chi connectivity index (χ1n) is 10.9. The van der Waals surface area contributed by atoms with Crippen molar-refractivity contribution in [3.8, 4) is 5.75 Å². The first-order valence-corrected chi connectivity index (χ1v) is 10.9. The predicted molar refractivity (Wildman–Crippen MR) is 123 cm³/mol. The summed E-state index contributed by atoms with van der Waals surface area (Å²) in [5, 5.41) is 6.93. The molecule has 9 nitrogen and oxygen atoms in total. The number of aromatic nitrogens is 3. The fraction of sp³-hybridized carbons (Fsp3) is 0.333. The molecule has 1 aliphatic rings. The molecular formula is C24H27N5O4. The second-order valence-corrected chi connectivity index (χ2v) is 8.05. The smallest absolute Gasteiger partial charge is 0.346 e. The van der Waals surface area contributed by atoms with Crippen molar-refractivity contribution in [1.82, 2.24) is 19.2 Å². The maximum Gasteiger partial charge on any atom is 0.346 e. The Labute approximate surface area is 191 Å². The lowest BCUT2D eigenvalue weighted by molar-refractivity contribution is -0.117. The van der Waals surface area contributed by atoms with Crippen LogP contribution in [0.5, 0.6) is 5.75 Å². The van der Waals surface area contributed by atoms with Gasteiger partial charge in [0.15, 0.2) is 0 Å². The summed E-state index contributed by atoms with van der Waals surface area (Å²) in [6.07, 6.45) is 0. The summed E-state index contributed by atoms with van der Waals surface area (Å²) < 4.78 is 7.89. The van der Waals surface area contributed by atoms with Gasteiger partial charge in [0.05, 0.1) is 12.3 Å². The number of hydrogen-bond acceptors (Lipinski definition) is 5. The Kier molecular flexibility index (Phi) is 6.30. The summed E-state index contributed by atoms with van der Waals surface area (Å²) in [5.41, 5.74) is 3.32. The van der Waals surface area contributed by atoms with E-state index in [0.717, 1.165) is 21.4 Å². The Hall–Kier alpha value is -3.88. The number of carbonyl (C=O) groups is 2. The molecule has 2 aromatic carbocycles. The Morgan fingerprint density at radius 3 is 2.70 bits per heavy atom. The number of benzene rings is 2. The standard InChI is InChI=1S/C24H27N5O4/c1-4-33-20-8-6-5-7-19(20)25-21(30)15-29-24(32)28-12-11-27(23(31)22(28)26-29)14-18-13-16(2)9-10-17(18)3/h5-10,13H,4,11-12,14-15H2,1-3H3,(H,25,30). The van der Waals surface area contributed by atoms with Gasteiger partial charge in [-0.3, -0.25) is 14.2 Å². The number of carbonyl (C=O) groups excluding carboxylic acids is 2. The number of ether oxygens (including phenoxy) is 1. The third-order valence-electron chi connectivity index (χ3n) is 5.62. The molecule has 33 heavy (non-hydrogen) atoms. The van der Waals surface area contributed by atoms with E-state index in [4.69, 9.17) is 4.74 Å². The minimum Gasteiger partial charge on any atom is -0.492 e. The summed E-state index contributed by atoms with van der Waals surface area (Å²) in [5.74, 6) is -0.152. The van der Waals surface area contributed by atoms with Gasteiger partial charge in [-0.15, -0.1) is 5.10 Å². The van der Waals surface area contributed by atoms with Crippen LogP contribution in [0.4, 0.5) is 5.69 Å². The van der Waals surface area contributed by atoms with E-state index in [1.807, 2.05) is 39.0 Å². The molecule has 1 N–H and O–H groups in total. The minimum atomic E-state index is -0.474. The topological polar surface area (TPSA) is 98.5 Å². The van der Waals surface area contributed by atoms with Crippen molar-refractivity contribution in [3.63, 3.8) is 0 Å². The van der Waals surface area contributed by atoms with E-state index in [-0.39, 0.29) is 18.3 Å². The summed E-state index contributed by atoms with van der Waals surface area (Å²) in [4.78, 5) is 40.1. The van der Waals surface area contributed by atoms with Gasteiger partial charge in [0, 0.05) is 19.6 Å². The molecule has 4 rings (SSSR count). The van der Waals surface area contributed by atoms with Crippen LogP contribution in [0, 0.1) is 13.8 Å². The Balaban J connectivity index is 1.50. The molecule has 0 saturated carbocycles. The zero-order chi connectivity index (χ0) is 23.5. The number of anilines is 1. The highest BCUT2D eigenvalue weighted by Crippen LogP contribution is 2.23. The van der Waals surface area contributed by atoms with Gasteiger partial charge in [0.25, 0.3) is 5.91 Å². The van der Waals surface area contributed by atoms with E-state index in [2.05, 4.69) is 16.5 Å². The SMILES string of the molecule is CCOc1ccccc1NC(=O)Cn1nc2n(c1=O)CCN(Cc1cc(C)ccc1C)C2=O. The molecule has 9 heteroatoms. The lowest BCUT2D eigenvalue weighted by Gasteiger charge is -2.27. The third kappa shape index (κ3) is 4.67. The summed E-state index contributed by atoms with van der Waals surface area (Å²) in [6.45, 7) is 7.22. The molecule has 0 radical (unpaired) electrons. The molecule has 0 spiro atoms. The van der Waals surface area contributed by atoms with Crippen molar-refractivity contribution >= 4 is 17.5 Å². The van der Waals surface area contributed by atoms with Gasteiger partial charge in [-0.05, 0) is 44.0 Å². The first-order chi connectivity index (χ1) is 15.9. The molecule has 3 aromatic rings. The molecule has 0 aliphatic carbocycles. The van der Waals surface area contributed by atoms with E-state index in [0.29, 0.717) is 37.7 Å². The first kappa shape index (κ1) is 22.3. The van der Waals surface area contributed by atoms with Crippen molar-refractivity contribution < 1.29 is 14.3 Å². The molecule has 1 aliphatic heterocycles. The number of nitrogens with zero attached hydrogens (tertiary/aromatic N) is 4. The van der Waals surface area contributed by atoms with Crippen LogP contribution in [0.15, 0.2) is 47.3 Å². The largest absolute Gasteiger partial charge is 0.492 e. The van der Waals surface area contributed by atoms with Crippen molar-refractivity contribution in [1.29, 1.82) is 0 Å². The number of hydrogen-bond donors (Lipinski definition) is 1. The van der Waals surface area contributed by atoms with Crippen LogP contribution < -0.4 is 15.7 Å². The van der Waals surface area contributed by atoms with Crippen LogP contribution in [0.3, 0.4) is 0 Å². The van der Waals surface area contributed by atoms with Crippen LogP contribution >= 0.6 is 0 Å².